The standard InChI is InChI=1S/C23H26N4O4/c1-14(28)21-25-19-7-6-17(13-20(19)26-21)24-22(29)15-8-10-27(11-9-15)23(30)16-4-3-5-18(12-16)31-2/h3-7,12-15,28H,8-11H2,1-2H3,(H,24,29)(H,25,26). The van der Waals surface area contributed by atoms with Crippen molar-refractivity contribution in [1.82, 2.24) is 14.9 Å². The van der Waals surface area contributed by atoms with Crippen LogP contribution in [0, 0.1) is 5.92 Å². The fourth-order valence-electron chi connectivity index (χ4n) is 3.83. The van der Waals surface area contributed by atoms with Gasteiger partial charge in [-0.25, -0.2) is 4.98 Å². The van der Waals surface area contributed by atoms with Crippen LogP contribution in [0.15, 0.2) is 42.5 Å². The summed E-state index contributed by atoms with van der Waals surface area (Å²) in [6.07, 6.45) is 0.537. The smallest absolute Gasteiger partial charge is 0.253 e. The highest BCUT2D eigenvalue weighted by Crippen LogP contribution is 2.24. The van der Waals surface area contributed by atoms with Crippen molar-refractivity contribution in [2.75, 3.05) is 25.5 Å². The molecule has 2 heterocycles. The number of carbonyl (C=O) groups is 2. The second-order valence-corrected chi connectivity index (χ2v) is 7.82. The highest BCUT2D eigenvalue weighted by atomic mass is 16.5. The van der Waals surface area contributed by atoms with Crippen LogP contribution in [0.1, 0.15) is 42.1 Å². The van der Waals surface area contributed by atoms with Crippen molar-refractivity contribution in [3.63, 3.8) is 0 Å². The third-order valence-electron chi connectivity index (χ3n) is 5.63. The minimum atomic E-state index is -0.685. The van der Waals surface area contributed by atoms with Gasteiger partial charge >= 0.3 is 0 Å². The Morgan fingerprint density at radius 2 is 2.00 bits per heavy atom. The second kappa shape index (κ2) is 8.77. The third kappa shape index (κ3) is 4.54. The number of aromatic nitrogens is 2. The Hall–Kier alpha value is -3.39. The topological polar surface area (TPSA) is 108 Å². The largest absolute Gasteiger partial charge is 0.497 e. The number of amides is 2. The Morgan fingerprint density at radius 1 is 1.23 bits per heavy atom. The van der Waals surface area contributed by atoms with Crippen molar-refractivity contribution in [3.8, 4) is 5.75 Å². The van der Waals surface area contributed by atoms with Gasteiger partial charge in [-0.15, -0.1) is 0 Å². The molecule has 0 bridgehead atoms. The van der Waals surface area contributed by atoms with E-state index in [1.165, 1.54) is 0 Å². The number of likely N-dealkylation sites (tertiary alicyclic amines) is 1. The second-order valence-electron chi connectivity index (χ2n) is 7.82. The summed E-state index contributed by atoms with van der Waals surface area (Å²) in [6, 6.07) is 12.5. The van der Waals surface area contributed by atoms with Crippen LogP contribution >= 0.6 is 0 Å². The number of fused-ring (bicyclic) bond motifs is 1. The summed E-state index contributed by atoms with van der Waals surface area (Å²) in [7, 11) is 1.57. The quantitative estimate of drug-likeness (QED) is 0.586. The number of methoxy groups -OCH3 is 1. The number of aromatic amines is 1. The molecule has 1 unspecified atom stereocenters. The number of ether oxygens (including phenoxy) is 1. The summed E-state index contributed by atoms with van der Waals surface area (Å²) in [4.78, 5) is 34.7. The Labute approximate surface area is 180 Å². The molecular weight excluding hydrogens is 396 g/mol. The number of nitrogens with one attached hydrogen (secondary N) is 2. The summed E-state index contributed by atoms with van der Waals surface area (Å²) in [5.41, 5.74) is 2.76. The van der Waals surface area contributed by atoms with Gasteiger partial charge in [-0.3, -0.25) is 9.59 Å². The molecule has 1 aliphatic rings. The molecule has 1 fully saturated rings. The molecule has 4 rings (SSSR count). The maximum absolute atomic E-state index is 12.8. The first-order valence-electron chi connectivity index (χ1n) is 10.4. The van der Waals surface area contributed by atoms with E-state index in [0.29, 0.717) is 48.8 Å². The van der Waals surface area contributed by atoms with Gasteiger partial charge in [0, 0.05) is 30.3 Å². The summed E-state index contributed by atoms with van der Waals surface area (Å²) in [5.74, 6) is 0.890. The Kier molecular flexibility index (Phi) is 5.90. The molecule has 0 saturated carbocycles. The third-order valence-corrected chi connectivity index (χ3v) is 5.63. The average Bonchev–Trinajstić information content (AvgIpc) is 3.22. The number of benzene rings is 2. The first-order chi connectivity index (χ1) is 14.9. The van der Waals surface area contributed by atoms with Crippen LogP contribution in [0.5, 0.6) is 5.75 Å². The van der Waals surface area contributed by atoms with Crippen molar-refractivity contribution < 1.29 is 19.4 Å². The molecule has 2 amide bonds. The summed E-state index contributed by atoms with van der Waals surface area (Å²) in [6.45, 7) is 2.71. The molecule has 0 aliphatic carbocycles. The van der Waals surface area contributed by atoms with Crippen LogP contribution in [-0.4, -0.2) is 52.0 Å². The summed E-state index contributed by atoms with van der Waals surface area (Å²) < 4.78 is 5.19. The lowest BCUT2D eigenvalue weighted by molar-refractivity contribution is -0.121. The van der Waals surface area contributed by atoms with Gasteiger partial charge in [-0.1, -0.05) is 6.07 Å². The number of imidazole rings is 1. The van der Waals surface area contributed by atoms with Crippen LogP contribution < -0.4 is 10.1 Å². The lowest BCUT2D eigenvalue weighted by Crippen LogP contribution is -2.41. The van der Waals surface area contributed by atoms with Gasteiger partial charge in [0.1, 0.15) is 17.7 Å². The zero-order chi connectivity index (χ0) is 22.0. The van der Waals surface area contributed by atoms with E-state index in [1.807, 2.05) is 12.1 Å². The number of carbonyl (C=O) groups excluding carboxylic acids is 2. The van der Waals surface area contributed by atoms with E-state index in [0.717, 1.165) is 11.0 Å². The van der Waals surface area contributed by atoms with E-state index in [1.54, 1.807) is 49.3 Å². The molecule has 3 N–H and O–H groups in total. The van der Waals surface area contributed by atoms with Crippen LogP contribution in [0.2, 0.25) is 0 Å². The molecule has 0 spiro atoms. The number of hydrogen-bond donors (Lipinski definition) is 3. The molecule has 0 radical (unpaired) electrons. The first kappa shape index (κ1) is 20.9. The van der Waals surface area contributed by atoms with Crippen LogP contribution in [-0.2, 0) is 4.79 Å². The number of rotatable bonds is 5. The highest BCUT2D eigenvalue weighted by molar-refractivity contribution is 5.96. The van der Waals surface area contributed by atoms with Gasteiger partial charge in [0.2, 0.25) is 5.91 Å². The lowest BCUT2D eigenvalue weighted by Gasteiger charge is -2.31. The van der Waals surface area contributed by atoms with Gasteiger partial charge in [-0.2, -0.15) is 0 Å². The molecule has 1 saturated heterocycles. The number of hydrogen-bond acceptors (Lipinski definition) is 5. The Morgan fingerprint density at radius 3 is 2.71 bits per heavy atom. The minimum Gasteiger partial charge on any atom is -0.497 e. The van der Waals surface area contributed by atoms with E-state index in [-0.39, 0.29) is 17.7 Å². The van der Waals surface area contributed by atoms with Gasteiger partial charge in [0.05, 0.1) is 18.1 Å². The molecule has 31 heavy (non-hydrogen) atoms. The molecule has 1 aliphatic heterocycles. The van der Waals surface area contributed by atoms with Gasteiger partial charge < -0.3 is 25.0 Å². The van der Waals surface area contributed by atoms with Crippen LogP contribution in [0.4, 0.5) is 5.69 Å². The van der Waals surface area contributed by atoms with Gasteiger partial charge in [0.15, 0.2) is 0 Å². The van der Waals surface area contributed by atoms with E-state index < -0.39 is 6.10 Å². The molecule has 2 aromatic carbocycles. The molecule has 8 nitrogen and oxygen atoms in total. The number of H-pyrrole nitrogens is 1. The predicted molar refractivity (Wildman–Crippen MR) is 117 cm³/mol. The van der Waals surface area contributed by atoms with E-state index in [9.17, 15) is 14.7 Å². The molecule has 1 atom stereocenters. The number of anilines is 1. The van der Waals surface area contributed by atoms with Crippen molar-refractivity contribution in [3.05, 3.63) is 53.9 Å². The van der Waals surface area contributed by atoms with Crippen molar-refractivity contribution in [2.24, 2.45) is 5.92 Å². The van der Waals surface area contributed by atoms with Crippen molar-refractivity contribution in [1.29, 1.82) is 0 Å². The predicted octanol–water partition coefficient (Wildman–Crippen LogP) is 3.12. The van der Waals surface area contributed by atoms with Crippen LogP contribution in [0.25, 0.3) is 11.0 Å². The maximum atomic E-state index is 12.8. The zero-order valence-electron chi connectivity index (χ0n) is 17.6. The summed E-state index contributed by atoms with van der Waals surface area (Å²) in [5, 5.41) is 12.6. The fraction of sp³-hybridized carbons (Fsp3) is 0.348. The lowest BCUT2D eigenvalue weighted by atomic mass is 9.95. The van der Waals surface area contributed by atoms with Crippen LogP contribution in [0.3, 0.4) is 0 Å². The van der Waals surface area contributed by atoms with Gasteiger partial charge in [0.25, 0.3) is 5.91 Å². The molecule has 162 valence electrons. The molecule has 8 heteroatoms. The Balaban J connectivity index is 1.36. The normalized spacial score (nSPS) is 15.6. The number of piperidine rings is 1. The maximum Gasteiger partial charge on any atom is 0.253 e. The van der Waals surface area contributed by atoms with E-state index >= 15 is 0 Å². The number of aliphatic hydroxyl groups is 1. The fourth-order valence-corrected chi connectivity index (χ4v) is 3.83. The van der Waals surface area contributed by atoms with E-state index in [4.69, 9.17) is 4.74 Å². The highest BCUT2D eigenvalue weighted by Gasteiger charge is 2.28. The minimum absolute atomic E-state index is 0.0450. The van der Waals surface area contributed by atoms with Crippen molar-refractivity contribution in [2.45, 2.75) is 25.9 Å². The molecule has 3 aromatic rings. The zero-order valence-corrected chi connectivity index (χ0v) is 17.6. The Bertz CT molecular complexity index is 1100. The van der Waals surface area contributed by atoms with Gasteiger partial charge in [-0.05, 0) is 56.2 Å². The average molecular weight is 422 g/mol. The molecular formula is C23H26N4O4. The first-order valence-corrected chi connectivity index (χ1v) is 10.4. The van der Waals surface area contributed by atoms with E-state index in [2.05, 4.69) is 15.3 Å². The number of nitrogens with zero attached hydrogens (tertiary/aromatic N) is 2. The molecule has 1 aromatic heterocycles. The SMILES string of the molecule is COc1cccc(C(=O)N2CCC(C(=O)Nc3ccc4nc(C(C)O)[nH]c4c3)CC2)c1. The summed E-state index contributed by atoms with van der Waals surface area (Å²) >= 11 is 0. The monoisotopic (exact) mass is 422 g/mol. The number of aliphatic hydroxyl groups excluding tert-OH is 1. The van der Waals surface area contributed by atoms with Crippen molar-refractivity contribution >= 4 is 28.5 Å².